The van der Waals surface area contributed by atoms with Crippen molar-refractivity contribution in [1.29, 1.82) is 0 Å². The summed E-state index contributed by atoms with van der Waals surface area (Å²) in [6.45, 7) is 8.54. The number of likely N-dealkylation sites (tertiary alicyclic amines) is 1. The van der Waals surface area contributed by atoms with Crippen LogP contribution in [0.5, 0.6) is 0 Å². The fourth-order valence-corrected chi connectivity index (χ4v) is 6.11. The lowest BCUT2D eigenvalue weighted by Crippen LogP contribution is -2.76. The number of carbonyl (C=O) groups excluding carboxylic acids is 3. The monoisotopic (exact) mass is 655 g/mol. The van der Waals surface area contributed by atoms with E-state index in [2.05, 4.69) is 10.3 Å². The van der Waals surface area contributed by atoms with Gasteiger partial charge in [0.05, 0.1) is 35.8 Å². The maximum atomic E-state index is 12.9. The number of methoxy groups -OCH3 is 1. The van der Waals surface area contributed by atoms with E-state index < -0.39 is 52.7 Å². The fraction of sp³-hybridized carbons (Fsp3) is 0.543. The Kier molecular flexibility index (Phi) is 12.7. The van der Waals surface area contributed by atoms with Crippen molar-refractivity contribution in [2.24, 2.45) is 17.3 Å². The van der Waals surface area contributed by atoms with E-state index in [1.807, 2.05) is 18.2 Å². The van der Waals surface area contributed by atoms with Gasteiger partial charge in [-0.15, -0.1) is 0 Å². The second kappa shape index (κ2) is 15.8. The second-order valence-corrected chi connectivity index (χ2v) is 12.9. The highest BCUT2D eigenvalue weighted by molar-refractivity contribution is 5.99. The van der Waals surface area contributed by atoms with Crippen molar-refractivity contribution in [2.45, 2.75) is 76.9 Å². The van der Waals surface area contributed by atoms with E-state index in [0.717, 1.165) is 5.76 Å². The average molecular weight is 656 g/mol. The van der Waals surface area contributed by atoms with E-state index >= 15 is 0 Å². The highest BCUT2D eigenvalue weighted by Crippen LogP contribution is 2.51. The number of aliphatic hydroxyl groups excluding tert-OH is 2. The van der Waals surface area contributed by atoms with Gasteiger partial charge in [-0.2, -0.15) is 0 Å². The zero-order chi connectivity index (χ0) is 35.0. The lowest BCUT2D eigenvalue weighted by atomic mass is 9.68. The Bertz CT molecular complexity index is 1400. The quantitative estimate of drug-likeness (QED) is 0.153. The number of likely N-dealkylation sites (N-methyl/N-ethyl adjacent to an activating group) is 1. The normalized spacial score (nSPS) is 26.5. The van der Waals surface area contributed by atoms with Gasteiger partial charge in [0.25, 0.3) is 0 Å². The van der Waals surface area contributed by atoms with Crippen LogP contribution in [0, 0.1) is 17.3 Å². The third kappa shape index (κ3) is 7.67. The summed E-state index contributed by atoms with van der Waals surface area (Å²) >= 11 is 0. The Labute approximate surface area is 276 Å². The minimum Gasteiger partial charge on any atom is -0.460 e. The molecule has 1 spiro atoms. The number of esters is 1. The summed E-state index contributed by atoms with van der Waals surface area (Å²) in [6.07, 6.45) is 16.7. The lowest BCUT2D eigenvalue weighted by molar-refractivity contribution is -0.235. The van der Waals surface area contributed by atoms with Crippen LogP contribution in [0.4, 0.5) is 0 Å². The molecule has 2 aliphatic heterocycles. The summed E-state index contributed by atoms with van der Waals surface area (Å²) in [5.74, 6) is -1.92. The molecule has 7 atom stereocenters. The molecule has 0 radical (unpaired) electrons. The molecule has 12 nitrogen and oxygen atoms in total. The maximum Gasteiger partial charge on any atom is 0.338 e. The van der Waals surface area contributed by atoms with Crippen LogP contribution in [-0.2, 0) is 30.3 Å². The molecule has 2 amide bonds. The van der Waals surface area contributed by atoms with E-state index in [9.17, 15) is 29.7 Å². The molecule has 0 unspecified atom stereocenters. The first-order valence-corrected chi connectivity index (χ1v) is 15.7. The van der Waals surface area contributed by atoms with Gasteiger partial charge in [-0.1, -0.05) is 68.5 Å². The van der Waals surface area contributed by atoms with Crippen LogP contribution in [0.1, 0.15) is 46.8 Å². The Balaban J connectivity index is 1.48. The molecule has 2 saturated heterocycles. The van der Waals surface area contributed by atoms with Gasteiger partial charge in [0, 0.05) is 27.1 Å². The van der Waals surface area contributed by atoms with Gasteiger partial charge in [0.15, 0.2) is 6.39 Å². The van der Waals surface area contributed by atoms with Crippen molar-refractivity contribution in [3.05, 3.63) is 78.6 Å². The Morgan fingerprint density at radius 3 is 2.51 bits per heavy atom. The first kappa shape index (κ1) is 37.6. The van der Waals surface area contributed by atoms with E-state index in [4.69, 9.17) is 13.9 Å². The van der Waals surface area contributed by atoms with Crippen LogP contribution >= 0.6 is 0 Å². The molecule has 0 aromatic carbocycles. The summed E-state index contributed by atoms with van der Waals surface area (Å²) < 4.78 is 15.8. The van der Waals surface area contributed by atoms with E-state index in [0.29, 0.717) is 12.0 Å². The fourth-order valence-electron chi connectivity index (χ4n) is 6.11. The van der Waals surface area contributed by atoms with Crippen molar-refractivity contribution in [3.63, 3.8) is 0 Å². The number of hydrogen-bond donors (Lipinski definition) is 4. The number of rotatable bonds is 16. The number of allylic oxidation sites excluding steroid dienone is 7. The Morgan fingerprint density at radius 2 is 1.91 bits per heavy atom. The van der Waals surface area contributed by atoms with Gasteiger partial charge in [-0.05, 0) is 38.7 Å². The molecule has 47 heavy (non-hydrogen) atoms. The van der Waals surface area contributed by atoms with Crippen molar-refractivity contribution < 1.29 is 43.6 Å². The number of aliphatic hydroxyl groups is 3. The SMILES string of the molecule is CO[C@@H](C[C@@H](C)[C@@H](O)/C=C/C=C/CNC(=O)C(C)(C)[C@H](O)\C(C)=C/C=C\C=C\Cc1cnco1)[C@]1(O)[C@@H](C)C(=O)N(C)[C@@]12COC2=O. The number of amides is 2. The van der Waals surface area contributed by atoms with Crippen molar-refractivity contribution in [2.75, 3.05) is 27.3 Å². The predicted molar refractivity (Wildman–Crippen MR) is 174 cm³/mol. The van der Waals surface area contributed by atoms with Crippen LogP contribution in [0.15, 0.2) is 77.3 Å². The summed E-state index contributed by atoms with van der Waals surface area (Å²) in [7, 11) is 2.88. The molecule has 0 bridgehead atoms. The summed E-state index contributed by atoms with van der Waals surface area (Å²) in [4.78, 5) is 43.3. The van der Waals surface area contributed by atoms with E-state index in [1.54, 1.807) is 77.3 Å². The molecule has 3 heterocycles. The van der Waals surface area contributed by atoms with Crippen molar-refractivity contribution in [3.8, 4) is 0 Å². The number of cyclic esters (lactones) is 1. The molecule has 1 aromatic rings. The van der Waals surface area contributed by atoms with Gasteiger partial charge >= 0.3 is 5.97 Å². The number of oxazole rings is 1. The first-order chi connectivity index (χ1) is 22.2. The number of carbonyl (C=O) groups is 3. The Hall–Kier alpha value is -3.84. The van der Waals surface area contributed by atoms with Crippen LogP contribution in [0.25, 0.3) is 0 Å². The molecule has 258 valence electrons. The molecule has 0 aliphatic carbocycles. The molecular formula is C35H49N3O9. The lowest BCUT2D eigenvalue weighted by Gasteiger charge is -2.51. The summed E-state index contributed by atoms with van der Waals surface area (Å²) in [5, 5.41) is 36.2. The predicted octanol–water partition coefficient (Wildman–Crippen LogP) is 2.43. The minimum absolute atomic E-state index is 0.124. The maximum absolute atomic E-state index is 12.9. The van der Waals surface area contributed by atoms with Crippen molar-refractivity contribution >= 4 is 17.8 Å². The first-order valence-electron chi connectivity index (χ1n) is 15.7. The number of ether oxygens (including phenoxy) is 2. The molecule has 0 saturated carbocycles. The largest absolute Gasteiger partial charge is 0.460 e. The minimum atomic E-state index is -1.83. The average Bonchev–Trinajstić information content (AvgIpc) is 3.62. The zero-order valence-corrected chi connectivity index (χ0v) is 28.3. The molecular weight excluding hydrogens is 606 g/mol. The van der Waals surface area contributed by atoms with Crippen LogP contribution < -0.4 is 5.32 Å². The molecule has 1 aromatic heterocycles. The van der Waals surface area contributed by atoms with Gasteiger partial charge < -0.3 is 39.4 Å². The number of nitrogens with one attached hydrogen (secondary N) is 1. The Morgan fingerprint density at radius 1 is 1.21 bits per heavy atom. The third-order valence-corrected chi connectivity index (χ3v) is 9.45. The second-order valence-electron chi connectivity index (χ2n) is 12.9. The van der Waals surface area contributed by atoms with E-state index in [1.165, 1.54) is 25.5 Å². The molecule has 12 heteroatoms. The smallest absolute Gasteiger partial charge is 0.338 e. The number of hydrogen-bond acceptors (Lipinski definition) is 10. The molecule has 3 rings (SSSR count). The summed E-state index contributed by atoms with van der Waals surface area (Å²) in [6, 6.07) is 0. The number of aromatic nitrogens is 1. The topological polar surface area (TPSA) is 172 Å². The van der Waals surface area contributed by atoms with Gasteiger partial charge in [0.1, 0.15) is 18.0 Å². The highest BCUT2D eigenvalue weighted by Gasteiger charge is 2.77. The zero-order valence-electron chi connectivity index (χ0n) is 28.3. The summed E-state index contributed by atoms with van der Waals surface area (Å²) in [5.41, 5.74) is -3.80. The van der Waals surface area contributed by atoms with Crippen LogP contribution in [-0.4, -0.2) is 99.7 Å². The van der Waals surface area contributed by atoms with Crippen LogP contribution in [0.3, 0.4) is 0 Å². The number of nitrogens with zero attached hydrogens (tertiary/aromatic N) is 2. The molecule has 2 aliphatic rings. The standard InChI is InChI=1S/C35H49N3O9/c1-23(15-11-8-9-12-16-26-20-36-22-47-26)29(40)33(4,5)31(42)37-18-14-10-13-17-27(39)24(2)19-28(45-7)35(44)25(3)30(41)38(6)34(35)21-46-32(34)43/h8-15,17,20,22,24-25,27-29,39-40,44H,16,18-19,21H2,1-7H3,(H,37,42)/b11-8-,12-9+,14-10+,17-13+,23-15-/t24-,25+,27+,28+,29-,34-,35-/m1/s1. The van der Waals surface area contributed by atoms with E-state index in [-0.39, 0.29) is 31.4 Å². The molecule has 2 fully saturated rings. The van der Waals surface area contributed by atoms with Crippen molar-refractivity contribution in [1.82, 2.24) is 15.2 Å². The molecule has 4 N–H and O–H groups in total. The van der Waals surface area contributed by atoms with Crippen LogP contribution in [0.2, 0.25) is 0 Å². The highest BCUT2D eigenvalue weighted by atomic mass is 16.6. The van der Waals surface area contributed by atoms with Gasteiger partial charge in [-0.3, -0.25) is 9.59 Å². The third-order valence-electron chi connectivity index (χ3n) is 9.45. The van der Waals surface area contributed by atoms with Gasteiger partial charge in [0.2, 0.25) is 17.4 Å². The van der Waals surface area contributed by atoms with Gasteiger partial charge in [-0.25, -0.2) is 9.78 Å².